The van der Waals surface area contributed by atoms with Gasteiger partial charge in [-0.05, 0) is 24.7 Å². The molecule has 1 rings (SSSR count). The van der Waals surface area contributed by atoms with Crippen molar-refractivity contribution < 1.29 is 9.90 Å². The Morgan fingerprint density at radius 3 is 2.78 bits per heavy atom. The monoisotopic (exact) mass is 256 g/mol. The molecule has 2 atom stereocenters. The highest BCUT2D eigenvalue weighted by Gasteiger charge is 2.34. The van der Waals surface area contributed by atoms with E-state index in [2.05, 4.69) is 31.4 Å². The van der Waals surface area contributed by atoms with Crippen molar-refractivity contribution in [2.75, 3.05) is 19.7 Å². The average molecular weight is 256 g/mol. The van der Waals surface area contributed by atoms with Gasteiger partial charge in [0.15, 0.2) is 0 Å². The first-order valence-corrected chi connectivity index (χ1v) is 7.10. The molecule has 0 heterocycles. The smallest absolute Gasteiger partial charge is 0.233 e. The number of carbonyl (C=O) groups is 1. The van der Waals surface area contributed by atoms with Gasteiger partial charge in [-0.3, -0.25) is 4.79 Å². The van der Waals surface area contributed by atoms with Gasteiger partial charge in [-0.25, -0.2) is 0 Å². The van der Waals surface area contributed by atoms with Crippen LogP contribution in [0, 0.1) is 11.8 Å². The van der Waals surface area contributed by atoms with Gasteiger partial charge in [-0.1, -0.05) is 33.6 Å². The van der Waals surface area contributed by atoms with E-state index >= 15 is 0 Å². The molecule has 1 aliphatic rings. The Kier molecular flexibility index (Phi) is 6.09. The van der Waals surface area contributed by atoms with E-state index in [0.717, 1.165) is 19.3 Å². The molecule has 106 valence electrons. The van der Waals surface area contributed by atoms with E-state index in [4.69, 9.17) is 0 Å². The summed E-state index contributed by atoms with van der Waals surface area (Å²) < 4.78 is 0. The second-order valence-corrected chi connectivity index (χ2v) is 6.19. The van der Waals surface area contributed by atoms with Crippen molar-refractivity contribution in [1.82, 2.24) is 10.6 Å². The van der Waals surface area contributed by atoms with Crippen LogP contribution in [0.5, 0.6) is 0 Å². The van der Waals surface area contributed by atoms with Crippen LogP contribution in [0.2, 0.25) is 0 Å². The summed E-state index contributed by atoms with van der Waals surface area (Å²) in [5, 5.41) is 15.8. The van der Waals surface area contributed by atoms with Gasteiger partial charge in [0.25, 0.3) is 0 Å². The maximum atomic E-state index is 11.7. The van der Waals surface area contributed by atoms with E-state index in [-0.39, 0.29) is 18.1 Å². The quantitative estimate of drug-likeness (QED) is 0.671. The van der Waals surface area contributed by atoms with E-state index < -0.39 is 0 Å². The lowest BCUT2D eigenvalue weighted by atomic mass is 9.77. The Labute approximate surface area is 111 Å². The highest BCUT2D eigenvalue weighted by atomic mass is 16.3. The fraction of sp³-hybridized carbons (Fsp3) is 0.929. The van der Waals surface area contributed by atoms with Gasteiger partial charge in [0.2, 0.25) is 5.91 Å². The summed E-state index contributed by atoms with van der Waals surface area (Å²) in [4.78, 5) is 11.7. The first kappa shape index (κ1) is 15.4. The standard InChI is InChI=1S/C14H28N2O2/c1-11(2)8-15-13(18)9-16-14(10-17)6-4-5-12(3)7-14/h11-12,16-17H,4-10H2,1-3H3,(H,15,18). The molecule has 0 radical (unpaired) electrons. The lowest BCUT2D eigenvalue weighted by molar-refractivity contribution is -0.121. The molecule has 1 aliphatic carbocycles. The number of amides is 1. The molecule has 0 spiro atoms. The minimum Gasteiger partial charge on any atom is -0.394 e. The first-order chi connectivity index (χ1) is 8.47. The van der Waals surface area contributed by atoms with Crippen LogP contribution in [0.3, 0.4) is 0 Å². The number of carbonyl (C=O) groups excluding carboxylic acids is 1. The van der Waals surface area contributed by atoms with Crippen molar-refractivity contribution >= 4 is 5.91 Å². The second-order valence-electron chi connectivity index (χ2n) is 6.19. The molecule has 3 N–H and O–H groups in total. The van der Waals surface area contributed by atoms with E-state index in [1.165, 1.54) is 6.42 Å². The van der Waals surface area contributed by atoms with Crippen molar-refractivity contribution in [3.05, 3.63) is 0 Å². The predicted octanol–water partition coefficient (Wildman–Crippen LogP) is 1.29. The Morgan fingerprint density at radius 2 is 2.22 bits per heavy atom. The van der Waals surface area contributed by atoms with E-state index in [9.17, 15) is 9.90 Å². The van der Waals surface area contributed by atoms with Gasteiger partial charge in [0, 0.05) is 12.1 Å². The van der Waals surface area contributed by atoms with Crippen LogP contribution in [0.25, 0.3) is 0 Å². The molecular weight excluding hydrogens is 228 g/mol. The minimum atomic E-state index is -0.243. The molecule has 0 saturated heterocycles. The van der Waals surface area contributed by atoms with Crippen LogP contribution in [0.1, 0.15) is 46.5 Å². The Balaban J connectivity index is 2.36. The SMILES string of the molecule is CC(C)CNC(=O)CNC1(CO)CCCC(C)C1. The number of rotatable bonds is 6. The molecule has 1 saturated carbocycles. The molecule has 4 heteroatoms. The van der Waals surface area contributed by atoms with E-state index in [1.54, 1.807) is 0 Å². The first-order valence-electron chi connectivity index (χ1n) is 7.10. The molecule has 4 nitrogen and oxygen atoms in total. The van der Waals surface area contributed by atoms with Crippen molar-refractivity contribution in [1.29, 1.82) is 0 Å². The van der Waals surface area contributed by atoms with Crippen molar-refractivity contribution in [3.63, 3.8) is 0 Å². The summed E-state index contributed by atoms with van der Waals surface area (Å²) in [5.41, 5.74) is -0.243. The number of aliphatic hydroxyl groups excluding tert-OH is 1. The fourth-order valence-electron chi connectivity index (χ4n) is 2.67. The molecular formula is C14H28N2O2. The van der Waals surface area contributed by atoms with Crippen LogP contribution >= 0.6 is 0 Å². The van der Waals surface area contributed by atoms with Gasteiger partial charge < -0.3 is 15.7 Å². The topological polar surface area (TPSA) is 61.4 Å². The van der Waals surface area contributed by atoms with Crippen LogP contribution in [0.15, 0.2) is 0 Å². The van der Waals surface area contributed by atoms with Gasteiger partial charge >= 0.3 is 0 Å². The number of hydrogen-bond acceptors (Lipinski definition) is 3. The minimum absolute atomic E-state index is 0.0229. The molecule has 0 aromatic rings. The second kappa shape index (κ2) is 7.10. The zero-order valence-corrected chi connectivity index (χ0v) is 12.0. The summed E-state index contributed by atoms with van der Waals surface area (Å²) in [6.45, 7) is 7.50. The molecule has 1 fully saturated rings. The summed E-state index contributed by atoms with van der Waals surface area (Å²) in [5.74, 6) is 1.11. The summed E-state index contributed by atoms with van der Waals surface area (Å²) in [6.07, 6.45) is 4.28. The van der Waals surface area contributed by atoms with Crippen LogP contribution in [-0.4, -0.2) is 36.2 Å². The summed E-state index contributed by atoms with van der Waals surface area (Å²) in [7, 11) is 0. The Bertz CT molecular complexity index is 269. The predicted molar refractivity (Wildman–Crippen MR) is 73.3 cm³/mol. The lowest BCUT2D eigenvalue weighted by Gasteiger charge is -2.39. The van der Waals surface area contributed by atoms with Gasteiger partial charge in [0.05, 0.1) is 13.2 Å². The van der Waals surface area contributed by atoms with Crippen molar-refractivity contribution in [3.8, 4) is 0 Å². The molecule has 18 heavy (non-hydrogen) atoms. The summed E-state index contributed by atoms with van der Waals surface area (Å²) >= 11 is 0. The highest BCUT2D eigenvalue weighted by molar-refractivity contribution is 5.78. The lowest BCUT2D eigenvalue weighted by Crippen LogP contribution is -2.54. The van der Waals surface area contributed by atoms with Crippen LogP contribution in [-0.2, 0) is 4.79 Å². The molecule has 2 unspecified atom stereocenters. The van der Waals surface area contributed by atoms with Gasteiger partial charge in [-0.2, -0.15) is 0 Å². The molecule has 0 aliphatic heterocycles. The molecule has 0 aromatic carbocycles. The number of hydrogen-bond donors (Lipinski definition) is 3. The Hall–Kier alpha value is -0.610. The highest BCUT2D eigenvalue weighted by Crippen LogP contribution is 2.31. The van der Waals surface area contributed by atoms with Crippen molar-refractivity contribution in [2.45, 2.75) is 52.0 Å². The zero-order chi connectivity index (χ0) is 13.6. The third-order valence-electron chi connectivity index (χ3n) is 3.73. The zero-order valence-electron chi connectivity index (χ0n) is 12.0. The maximum absolute atomic E-state index is 11.7. The summed E-state index contributed by atoms with van der Waals surface area (Å²) in [6, 6.07) is 0. The van der Waals surface area contributed by atoms with Crippen LogP contribution in [0.4, 0.5) is 0 Å². The van der Waals surface area contributed by atoms with E-state index in [1.807, 2.05) is 0 Å². The number of nitrogens with one attached hydrogen (secondary N) is 2. The van der Waals surface area contributed by atoms with Gasteiger partial charge in [0.1, 0.15) is 0 Å². The maximum Gasteiger partial charge on any atom is 0.233 e. The Morgan fingerprint density at radius 1 is 1.50 bits per heavy atom. The fourth-order valence-corrected chi connectivity index (χ4v) is 2.67. The van der Waals surface area contributed by atoms with Crippen LogP contribution < -0.4 is 10.6 Å². The third kappa shape index (κ3) is 4.94. The molecule has 0 bridgehead atoms. The normalized spacial score (nSPS) is 28.4. The van der Waals surface area contributed by atoms with Gasteiger partial charge in [-0.15, -0.1) is 0 Å². The largest absolute Gasteiger partial charge is 0.394 e. The average Bonchev–Trinajstić information content (AvgIpc) is 2.34. The molecule has 0 aromatic heterocycles. The van der Waals surface area contributed by atoms with Crippen molar-refractivity contribution in [2.24, 2.45) is 11.8 Å². The third-order valence-corrected chi connectivity index (χ3v) is 3.73. The number of aliphatic hydroxyl groups is 1. The van der Waals surface area contributed by atoms with E-state index in [0.29, 0.717) is 24.9 Å². The molecule has 1 amide bonds.